The van der Waals surface area contributed by atoms with Crippen molar-refractivity contribution in [2.75, 3.05) is 7.11 Å². The molecule has 8 atom stereocenters. The lowest BCUT2D eigenvalue weighted by atomic mass is 9.68. The van der Waals surface area contributed by atoms with Crippen molar-refractivity contribution in [1.82, 2.24) is 9.88 Å². The maximum absolute atomic E-state index is 13.6. The van der Waals surface area contributed by atoms with Crippen LogP contribution in [0.3, 0.4) is 0 Å². The van der Waals surface area contributed by atoms with Gasteiger partial charge in [-0.25, -0.2) is 4.79 Å². The van der Waals surface area contributed by atoms with Crippen LogP contribution >= 0.6 is 46.3 Å². The molecule has 43 heavy (non-hydrogen) atoms. The molecule has 9 nitrogen and oxygen atoms in total. The summed E-state index contributed by atoms with van der Waals surface area (Å²) in [6, 6.07) is 9.69. The number of aromatic amines is 1. The monoisotopic (exact) mass is 660 g/mol. The maximum atomic E-state index is 13.6. The molecule has 3 heterocycles. The predicted octanol–water partition coefficient (Wildman–Crippen LogP) is 5.28. The molecule has 2 saturated carbocycles. The zero-order chi connectivity index (χ0) is 30.3. The van der Waals surface area contributed by atoms with Gasteiger partial charge in [-0.05, 0) is 60.9 Å². The van der Waals surface area contributed by atoms with Crippen molar-refractivity contribution in [2.24, 2.45) is 29.6 Å². The first kappa shape index (κ1) is 28.8. The molecule has 0 spiro atoms. The number of aromatic nitrogens is 1. The Labute approximate surface area is 264 Å². The summed E-state index contributed by atoms with van der Waals surface area (Å²) in [5.74, 6) is -2.53. The Hall–Kier alpha value is -2.99. The minimum atomic E-state index is -1.21. The van der Waals surface area contributed by atoms with Crippen LogP contribution in [0.5, 0.6) is 11.5 Å². The molecule has 0 radical (unpaired) electrons. The second-order valence-corrected chi connectivity index (χ2v) is 14.5. The molecule has 8 unspecified atom stereocenters. The van der Waals surface area contributed by atoms with E-state index in [1.54, 1.807) is 37.1 Å². The van der Waals surface area contributed by atoms with Crippen molar-refractivity contribution in [3.05, 3.63) is 72.1 Å². The van der Waals surface area contributed by atoms with E-state index in [0.29, 0.717) is 28.0 Å². The summed E-state index contributed by atoms with van der Waals surface area (Å²) in [5.41, 5.74) is 1.68. The summed E-state index contributed by atoms with van der Waals surface area (Å²) in [7, 11) is 1.56. The Morgan fingerprint density at radius 3 is 2.53 bits per heavy atom. The highest BCUT2D eigenvalue weighted by molar-refractivity contribution is 8.00. The maximum Gasteiger partial charge on any atom is 0.326 e. The van der Waals surface area contributed by atoms with Crippen molar-refractivity contribution < 1.29 is 29.0 Å². The van der Waals surface area contributed by atoms with Crippen LogP contribution in [-0.4, -0.2) is 51.2 Å². The van der Waals surface area contributed by atoms with Gasteiger partial charge in [-0.15, -0.1) is 11.8 Å². The van der Waals surface area contributed by atoms with Crippen LogP contribution in [0.15, 0.2) is 46.2 Å². The molecule has 2 amide bonds. The number of carboxylic acids is 1. The van der Waals surface area contributed by atoms with Crippen molar-refractivity contribution in [3.8, 4) is 11.5 Å². The molecule has 2 bridgehead atoms. The number of carbonyl (C=O) groups excluding carboxylic acids is 2. The van der Waals surface area contributed by atoms with Gasteiger partial charge >= 0.3 is 10.8 Å². The summed E-state index contributed by atoms with van der Waals surface area (Å²) < 4.78 is 11.8. The number of rotatable bonds is 7. The minimum Gasteiger partial charge on any atom is -0.493 e. The Balaban J connectivity index is 1.24. The van der Waals surface area contributed by atoms with Gasteiger partial charge < -0.3 is 19.6 Å². The molecule has 224 valence electrons. The SMILES string of the molecule is COc1cc(C2c3sc(=O)[nH]c3SC3C4CC(C5C(=O)N(C(C)C(=O)O)C(=O)C45)C23)ccc1OCc1ccc(Cl)cc1Cl. The van der Waals surface area contributed by atoms with Crippen molar-refractivity contribution >= 4 is 64.1 Å². The lowest BCUT2D eigenvalue weighted by molar-refractivity contribution is -0.154. The number of carboxylic acid groups (broad SMARTS) is 1. The van der Waals surface area contributed by atoms with Gasteiger partial charge in [-0.2, -0.15) is 0 Å². The first-order valence-corrected chi connectivity index (χ1v) is 16.3. The number of hydrogen-bond acceptors (Lipinski definition) is 8. The first-order chi connectivity index (χ1) is 20.6. The molecule has 3 fully saturated rings. The molecule has 4 aliphatic rings. The van der Waals surface area contributed by atoms with Gasteiger partial charge in [0.25, 0.3) is 0 Å². The molecule has 13 heteroatoms. The number of likely N-dealkylation sites (tertiary alicyclic amines) is 1. The van der Waals surface area contributed by atoms with E-state index in [9.17, 15) is 24.3 Å². The molecule has 2 N–H and O–H groups in total. The number of thiazole rings is 1. The van der Waals surface area contributed by atoms with Gasteiger partial charge in [0.1, 0.15) is 12.6 Å². The average Bonchev–Trinajstić information content (AvgIpc) is 3.71. The quantitative estimate of drug-likeness (QED) is 0.328. The zero-order valence-electron chi connectivity index (χ0n) is 22.9. The van der Waals surface area contributed by atoms with Crippen molar-refractivity contribution in [3.63, 3.8) is 0 Å². The largest absolute Gasteiger partial charge is 0.493 e. The molecular formula is C30H26Cl2N2O7S2. The smallest absolute Gasteiger partial charge is 0.326 e. The normalized spacial score (nSPS) is 29.3. The predicted molar refractivity (Wildman–Crippen MR) is 161 cm³/mol. The number of ether oxygens (including phenoxy) is 2. The number of H-pyrrole nitrogens is 1. The summed E-state index contributed by atoms with van der Waals surface area (Å²) in [6.07, 6.45) is 0.709. The molecular weight excluding hydrogens is 635 g/mol. The van der Waals surface area contributed by atoms with E-state index in [1.165, 1.54) is 6.92 Å². The van der Waals surface area contributed by atoms with E-state index in [2.05, 4.69) is 4.98 Å². The number of nitrogens with zero attached hydrogens (tertiary/aromatic N) is 1. The van der Waals surface area contributed by atoms with Gasteiger partial charge in [-0.3, -0.25) is 19.3 Å². The molecule has 3 aromatic rings. The Bertz CT molecular complexity index is 1740. The molecule has 2 aliphatic carbocycles. The number of benzene rings is 2. The lowest BCUT2D eigenvalue weighted by Crippen LogP contribution is -2.44. The second-order valence-electron chi connectivity index (χ2n) is 11.5. The number of halogens is 2. The Kier molecular flexibility index (Phi) is 7.07. The van der Waals surface area contributed by atoms with Crippen LogP contribution in [0.4, 0.5) is 0 Å². The third-order valence-corrected chi connectivity index (χ3v) is 12.6. The summed E-state index contributed by atoms with van der Waals surface area (Å²) in [6.45, 7) is 1.58. The van der Waals surface area contributed by atoms with E-state index >= 15 is 0 Å². The van der Waals surface area contributed by atoms with Gasteiger partial charge in [0.05, 0.1) is 24.0 Å². The van der Waals surface area contributed by atoms with Gasteiger partial charge in [-0.1, -0.05) is 46.7 Å². The van der Waals surface area contributed by atoms with Crippen LogP contribution in [0.25, 0.3) is 0 Å². The standard InChI is InChI=1S/C30H26Cl2N2O7S2/c1-11(29(37)38)34-27(35)22-15-9-16(23(22)28(34)36)24-21(15)20(25-26(42-24)33-30(39)43-25)12-4-6-18(19(7-12)40-2)41-10-13-3-5-14(31)8-17(13)32/h3-8,11,15-16,20-24H,9-10H2,1-2H3,(H,33,39)(H,37,38). The van der Waals surface area contributed by atoms with Gasteiger partial charge in [0, 0.05) is 31.7 Å². The van der Waals surface area contributed by atoms with E-state index < -0.39 is 29.8 Å². The van der Waals surface area contributed by atoms with Crippen LogP contribution in [0.1, 0.15) is 35.3 Å². The van der Waals surface area contributed by atoms with Crippen LogP contribution < -0.4 is 14.3 Å². The third kappa shape index (κ3) is 4.42. The van der Waals surface area contributed by atoms with E-state index in [-0.39, 0.29) is 46.3 Å². The highest BCUT2D eigenvalue weighted by atomic mass is 35.5. The second kappa shape index (κ2) is 10.6. The number of amides is 2. The molecule has 1 aromatic heterocycles. The highest BCUT2D eigenvalue weighted by Crippen LogP contribution is 2.68. The summed E-state index contributed by atoms with van der Waals surface area (Å²) >= 11 is 15.1. The van der Waals surface area contributed by atoms with Crippen LogP contribution in [-0.2, 0) is 21.0 Å². The number of nitrogens with one attached hydrogen (secondary N) is 1. The molecule has 1 saturated heterocycles. The van der Waals surface area contributed by atoms with Gasteiger partial charge in [0.15, 0.2) is 11.5 Å². The summed E-state index contributed by atoms with van der Waals surface area (Å²) in [5, 5.41) is 11.4. The fourth-order valence-electron chi connectivity index (χ4n) is 7.70. The molecule has 7 rings (SSSR count). The number of hydrogen-bond donors (Lipinski definition) is 2. The van der Waals surface area contributed by atoms with Crippen molar-refractivity contribution in [1.29, 1.82) is 0 Å². The van der Waals surface area contributed by atoms with E-state index in [1.807, 2.05) is 18.2 Å². The number of thioether (sulfide) groups is 1. The lowest BCUT2D eigenvalue weighted by Gasteiger charge is -2.43. The molecule has 2 aliphatic heterocycles. The number of methoxy groups -OCH3 is 1. The fourth-order valence-corrected chi connectivity index (χ4v) is 11.0. The van der Waals surface area contributed by atoms with Crippen molar-refractivity contribution in [2.45, 2.75) is 42.2 Å². The van der Waals surface area contributed by atoms with Crippen LogP contribution in [0, 0.1) is 29.6 Å². The minimum absolute atomic E-state index is 0.0141. The number of aliphatic carboxylic acids is 1. The van der Waals surface area contributed by atoms with Crippen LogP contribution in [0.2, 0.25) is 10.0 Å². The Morgan fingerprint density at radius 1 is 1.09 bits per heavy atom. The number of carbonyl (C=O) groups is 3. The Morgan fingerprint density at radius 2 is 1.84 bits per heavy atom. The number of fused-ring (bicyclic) bond motifs is 9. The van der Waals surface area contributed by atoms with E-state index in [0.717, 1.165) is 37.3 Å². The highest BCUT2D eigenvalue weighted by Gasteiger charge is 2.70. The molecule has 2 aromatic carbocycles. The van der Waals surface area contributed by atoms with Gasteiger partial charge in [0.2, 0.25) is 11.8 Å². The van der Waals surface area contributed by atoms with E-state index in [4.69, 9.17) is 32.7 Å². The zero-order valence-corrected chi connectivity index (χ0v) is 26.1. The third-order valence-electron chi connectivity index (χ3n) is 9.45. The summed E-state index contributed by atoms with van der Waals surface area (Å²) in [4.78, 5) is 56.1. The number of imide groups is 1. The first-order valence-electron chi connectivity index (χ1n) is 13.8. The topological polar surface area (TPSA) is 126 Å². The average molecular weight is 662 g/mol. The fraction of sp³-hybridized carbons (Fsp3) is 0.400.